The highest BCUT2D eigenvalue weighted by molar-refractivity contribution is 14.0. The third-order valence-corrected chi connectivity index (χ3v) is 4.41. The Morgan fingerprint density at radius 3 is 2.70 bits per heavy atom. The third-order valence-electron chi connectivity index (χ3n) is 3.17. The molecule has 1 heterocycles. The SMILES string of the molecule is CCCCCCNC(N)=NCC(C)(C)c1cccs1.I. The average Bonchev–Trinajstić information content (AvgIpc) is 2.91. The minimum absolute atomic E-state index is 0. The Hall–Kier alpha value is -0.300. The van der Waals surface area contributed by atoms with Crippen molar-refractivity contribution in [1.82, 2.24) is 5.32 Å². The summed E-state index contributed by atoms with van der Waals surface area (Å²) in [5.74, 6) is 0.570. The molecule has 0 radical (unpaired) electrons. The molecule has 1 rings (SSSR count). The standard InChI is InChI=1S/C15H27N3S.HI/c1-4-5-6-7-10-17-14(16)18-12-15(2,3)13-9-8-11-19-13;/h8-9,11H,4-7,10,12H2,1-3H3,(H3,16,17,18);1H. The van der Waals surface area contributed by atoms with Crippen LogP contribution in [0.4, 0.5) is 0 Å². The minimum Gasteiger partial charge on any atom is -0.370 e. The van der Waals surface area contributed by atoms with Crippen molar-refractivity contribution in [2.75, 3.05) is 13.1 Å². The van der Waals surface area contributed by atoms with Crippen molar-refractivity contribution < 1.29 is 0 Å². The Kier molecular flexibility index (Phi) is 10.3. The molecule has 0 fully saturated rings. The zero-order chi connectivity index (χ0) is 14.1. The van der Waals surface area contributed by atoms with Crippen LogP contribution in [0.2, 0.25) is 0 Å². The number of rotatable bonds is 8. The lowest BCUT2D eigenvalue weighted by Gasteiger charge is -2.21. The first-order chi connectivity index (χ1) is 9.06. The predicted octanol–water partition coefficient (Wildman–Crippen LogP) is 4.13. The van der Waals surface area contributed by atoms with Crippen LogP contribution in [-0.2, 0) is 5.41 Å². The van der Waals surface area contributed by atoms with E-state index in [2.05, 4.69) is 48.6 Å². The van der Waals surface area contributed by atoms with Crippen LogP contribution in [0.3, 0.4) is 0 Å². The number of nitrogens with one attached hydrogen (secondary N) is 1. The van der Waals surface area contributed by atoms with E-state index < -0.39 is 0 Å². The average molecular weight is 409 g/mol. The van der Waals surface area contributed by atoms with E-state index in [-0.39, 0.29) is 29.4 Å². The zero-order valence-corrected chi connectivity index (χ0v) is 16.0. The van der Waals surface area contributed by atoms with Crippen molar-refractivity contribution in [2.45, 2.75) is 51.9 Å². The molecule has 0 unspecified atom stereocenters. The lowest BCUT2D eigenvalue weighted by molar-refractivity contribution is 0.549. The van der Waals surface area contributed by atoms with Crippen LogP contribution in [0.1, 0.15) is 51.3 Å². The summed E-state index contributed by atoms with van der Waals surface area (Å²) in [5, 5.41) is 5.30. The van der Waals surface area contributed by atoms with Crippen molar-refractivity contribution in [3.05, 3.63) is 22.4 Å². The molecule has 1 aromatic rings. The molecule has 0 aliphatic heterocycles. The van der Waals surface area contributed by atoms with Crippen LogP contribution in [-0.4, -0.2) is 19.0 Å². The lowest BCUT2D eigenvalue weighted by Crippen LogP contribution is -2.34. The van der Waals surface area contributed by atoms with E-state index in [1.807, 2.05) is 0 Å². The Morgan fingerprint density at radius 2 is 2.10 bits per heavy atom. The molecule has 5 heteroatoms. The van der Waals surface area contributed by atoms with Gasteiger partial charge in [0, 0.05) is 16.8 Å². The smallest absolute Gasteiger partial charge is 0.188 e. The van der Waals surface area contributed by atoms with Gasteiger partial charge in [-0.3, -0.25) is 4.99 Å². The highest BCUT2D eigenvalue weighted by Gasteiger charge is 2.21. The Balaban J connectivity index is 0.00000361. The molecule has 0 saturated carbocycles. The van der Waals surface area contributed by atoms with Gasteiger partial charge in [-0.15, -0.1) is 35.3 Å². The number of aliphatic imine (C=N–C) groups is 1. The molecule has 116 valence electrons. The molecule has 0 saturated heterocycles. The van der Waals surface area contributed by atoms with Gasteiger partial charge >= 0.3 is 0 Å². The van der Waals surface area contributed by atoms with E-state index in [0.29, 0.717) is 5.96 Å². The Bertz CT molecular complexity index is 374. The van der Waals surface area contributed by atoms with E-state index in [1.54, 1.807) is 11.3 Å². The first kappa shape index (κ1) is 19.7. The van der Waals surface area contributed by atoms with Gasteiger partial charge in [0.25, 0.3) is 0 Å². The second-order valence-electron chi connectivity index (χ2n) is 5.55. The topological polar surface area (TPSA) is 50.4 Å². The fraction of sp³-hybridized carbons (Fsp3) is 0.667. The summed E-state index contributed by atoms with van der Waals surface area (Å²) in [5.41, 5.74) is 5.95. The van der Waals surface area contributed by atoms with Crippen molar-refractivity contribution in [3.63, 3.8) is 0 Å². The first-order valence-corrected chi connectivity index (χ1v) is 8.02. The summed E-state index contributed by atoms with van der Waals surface area (Å²) in [6.07, 6.45) is 4.98. The van der Waals surface area contributed by atoms with Crippen molar-refractivity contribution in [1.29, 1.82) is 0 Å². The van der Waals surface area contributed by atoms with Gasteiger partial charge in [-0.25, -0.2) is 0 Å². The number of unbranched alkanes of at least 4 members (excludes halogenated alkanes) is 3. The highest BCUT2D eigenvalue weighted by Crippen LogP contribution is 2.27. The predicted molar refractivity (Wildman–Crippen MR) is 101 cm³/mol. The van der Waals surface area contributed by atoms with Gasteiger partial charge < -0.3 is 11.1 Å². The number of nitrogens with zero attached hydrogens (tertiary/aromatic N) is 1. The molecule has 0 aliphatic carbocycles. The van der Waals surface area contributed by atoms with Crippen LogP contribution in [0, 0.1) is 0 Å². The minimum atomic E-state index is 0. The van der Waals surface area contributed by atoms with Crippen LogP contribution in [0.15, 0.2) is 22.5 Å². The molecule has 0 atom stereocenters. The monoisotopic (exact) mass is 409 g/mol. The second kappa shape index (κ2) is 10.4. The summed E-state index contributed by atoms with van der Waals surface area (Å²) in [7, 11) is 0. The zero-order valence-electron chi connectivity index (χ0n) is 12.8. The van der Waals surface area contributed by atoms with Crippen molar-refractivity contribution >= 4 is 41.3 Å². The van der Waals surface area contributed by atoms with Gasteiger partial charge in [-0.2, -0.15) is 0 Å². The van der Waals surface area contributed by atoms with Crippen molar-refractivity contribution in [3.8, 4) is 0 Å². The molecule has 3 N–H and O–H groups in total. The summed E-state index contributed by atoms with van der Waals surface area (Å²) in [6.45, 7) is 8.28. The molecule has 0 amide bonds. The van der Waals surface area contributed by atoms with Crippen LogP contribution >= 0.6 is 35.3 Å². The molecule has 0 aromatic carbocycles. The van der Waals surface area contributed by atoms with Crippen LogP contribution < -0.4 is 11.1 Å². The lowest BCUT2D eigenvalue weighted by atomic mass is 9.92. The maximum Gasteiger partial charge on any atom is 0.188 e. The molecule has 0 spiro atoms. The fourth-order valence-corrected chi connectivity index (χ4v) is 2.69. The number of hydrogen-bond donors (Lipinski definition) is 2. The molecule has 3 nitrogen and oxygen atoms in total. The number of halogens is 1. The largest absolute Gasteiger partial charge is 0.370 e. The third kappa shape index (κ3) is 7.47. The van der Waals surface area contributed by atoms with Gasteiger partial charge in [0.2, 0.25) is 0 Å². The molecule has 1 aromatic heterocycles. The van der Waals surface area contributed by atoms with Crippen molar-refractivity contribution in [2.24, 2.45) is 10.7 Å². The summed E-state index contributed by atoms with van der Waals surface area (Å²) < 4.78 is 0. The highest BCUT2D eigenvalue weighted by atomic mass is 127. The van der Waals surface area contributed by atoms with Crippen LogP contribution in [0.5, 0.6) is 0 Å². The molecule has 20 heavy (non-hydrogen) atoms. The van der Waals surface area contributed by atoms with E-state index in [0.717, 1.165) is 13.1 Å². The van der Waals surface area contributed by atoms with Gasteiger partial charge in [0.1, 0.15) is 0 Å². The first-order valence-electron chi connectivity index (χ1n) is 7.14. The number of guanidine groups is 1. The normalized spacial score (nSPS) is 12.1. The quantitative estimate of drug-likeness (QED) is 0.294. The maximum absolute atomic E-state index is 5.89. The number of thiophene rings is 1. The summed E-state index contributed by atoms with van der Waals surface area (Å²) in [4.78, 5) is 5.81. The molecular weight excluding hydrogens is 381 g/mol. The fourth-order valence-electron chi connectivity index (χ4n) is 1.85. The van der Waals surface area contributed by atoms with E-state index in [4.69, 9.17) is 5.73 Å². The molecule has 0 aliphatic rings. The van der Waals surface area contributed by atoms with Gasteiger partial charge in [0.15, 0.2) is 5.96 Å². The van der Waals surface area contributed by atoms with E-state index in [1.165, 1.54) is 30.6 Å². The summed E-state index contributed by atoms with van der Waals surface area (Å²) >= 11 is 1.78. The van der Waals surface area contributed by atoms with Crippen LogP contribution in [0.25, 0.3) is 0 Å². The Morgan fingerprint density at radius 1 is 1.35 bits per heavy atom. The van der Waals surface area contributed by atoms with Gasteiger partial charge in [-0.1, -0.05) is 46.1 Å². The number of hydrogen-bond acceptors (Lipinski definition) is 2. The summed E-state index contributed by atoms with van der Waals surface area (Å²) in [6, 6.07) is 4.25. The molecule has 0 bridgehead atoms. The maximum atomic E-state index is 5.89. The van der Waals surface area contributed by atoms with Gasteiger partial charge in [0.05, 0.1) is 6.54 Å². The number of nitrogens with two attached hydrogens (primary N) is 1. The second-order valence-corrected chi connectivity index (χ2v) is 6.50. The Labute approximate surface area is 144 Å². The van der Waals surface area contributed by atoms with E-state index in [9.17, 15) is 0 Å². The van der Waals surface area contributed by atoms with Gasteiger partial charge in [-0.05, 0) is 17.9 Å². The van der Waals surface area contributed by atoms with E-state index >= 15 is 0 Å². The molecular formula is C15H28IN3S.